The molecule has 1 nitrogen and oxygen atoms in total. The highest BCUT2D eigenvalue weighted by Crippen LogP contribution is 2.26. The van der Waals surface area contributed by atoms with Crippen LogP contribution in [-0.4, -0.2) is 5.11 Å². The minimum absolute atomic E-state index is 0.764. The summed E-state index contributed by atoms with van der Waals surface area (Å²) in [5.74, 6) is 0. The van der Waals surface area contributed by atoms with Crippen molar-refractivity contribution in [3.63, 3.8) is 0 Å². The van der Waals surface area contributed by atoms with Crippen LogP contribution in [0.2, 0.25) is 0 Å². The van der Waals surface area contributed by atoms with Crippen LogP contribution in [0.15, 0.2) is 28.7 Å². The van der Waals surface area contributed by atoms with Gasteiger partial charge in [0, 0.05) is 4.47 Å². The lowest BCUT2D eigenvalue weighted by atomic mass is 9.99. The number of benzene rings is 1. The van der Waals surface area contributed by atoms with E-state index in [2.05, 4.69) is 15.9 Å². The van der Waals surface area contributed by atoms with Gasteiger partial charge < -0.3 is 5.11 Å². The molecule has 0 unspecified atom stereocenters. The van der Waals surface area contributed by atoms with Gasteiger partial charge in [0.15, 0.2) is 0 Å². The van der Waals surface area contributed by atoms with E-state index < -0.39 is 5.60 Å². The second-order valence-electron chi connectivity index (χ2n) is 3.04. The van der Waals surface area contributed by atoms with Gasteiger partial charge >= 0.3 is 0 Å². The Balaban J connectivity index is 0. The largest absolute Gasteiger partial charge is 0.386 e. The lowest BCUT2D eigenvalue weighted by Crippen LogP contribution is -2.15. The molecule has 1 aromatic carbocycles. The Bertz CT molecular complexity index is 251. The summed E-state index contributed by atoms with van der Waals surface area (Å²) in [6, 6.07) is 7.68. The highest BCUT2D eigenvalue weighted by molar-refractivity contribution is 9.10. The Morgan fingerprint density at radius 2 is 1.40 bits per heavy atom. The summed E-state index contributed by atoms with van der Waals surface area (Å²) in [4.78, 5) is 0. The topological polar surface area (TPSA) is 20.2 Å². The third-order valence-corrected chi connectivity index (χ3v) is 2.22. The molecule has 1 N–H and O–H groups in total. The van der Waals surface area contributed by atoms with Crippen molar-refractivity contribution in [3.8, 4) is 0 Å². The SMILES string of the molecule is CC.CC.CC(C)(O)c1ccccc1Br. The van der Waals surface area contributed by atoms with Crippen LogP contribution in [0.4, 0.5) is 0 Å². The average Bonchev–Trinajstić information content (AvgIpc) is 2.23. The van der Waals surface area contributed by atoms with Gasteiger partial charge in [-0.1, -0.05) is 61.8 Å². The molecule has 0 fully saturated rings. The summed E-state index contributed by atoms with van der Waals surface area (Å²) in [5, 5.41) is 9.64. The Morgan fingerprint density at radius 1 is 1.00 bits per heavy atom. The maximum atomic E-state index is 9.64. The molecule has 88 valence electrons. The van der Waals surface area contributed by atoms with Crippen LogP contribution in [0.25, 0.3) is 0 Å². The van der Waals surface area contributed by atoms with Gasteiger partial charge in [-0.15, -0.1) is 0 Å². The molecule has 15 heavy (non-hydrogen) atoms. The lowest BCUT2D eigenvalue weighted by molar-refractivity contribution is 0.0778. The summed E-state index contributed by atoms with van der Waals surface area (Å²) >= 11 is 3.37. The maximum Gasteiger partial charge on any atom is 0.0851 e. The van der Waals surface area contributed by atoms with Crippen LogP contribution in [-0.2, 0) is 5.60 Å². The molecule has 0 aliphatic carbocycles. The molecule has 0 saturated carbocycles. The predicted octanol–water partition coefficient (Wildman–Crippen LogP) is 4.73. The molecule has 0 bridgehead atoms. The van der Waals surface area contributed by atoms with Crippen molar-refractivity contribution in [2.45, 2.75) is 47.1 Å². The van der Waals surface area contributed by atoms with Gasteiger partial charge in [0.25, 0.3) is 0 Å². The van der Waals surface area contributed by atoms with Gasteiger partial charge in [0.1, 0.15) is 0 Å². The molecule has 2 heteroatoms. The van der Waals surface area contributed by atoms with Crippen molar-refractivity contribution < 1.29 is 5.11 Å². The van der Waals surface area contributed by atoms with Crippen molar-refractivity contribution in [1.82, 2.24) is 0 Å². The van der Waals surface area contributed by atoms with Crippen LogP contribution >= 0.6 is 15.9 Å². The second-order valence-corrected chi connectivity index (χ2v) is 3.89. The normalized spacial score (nSPS) is 9.33. The minimum Gasteiger partial charge on any atom is -0.386 e. The second kappa shape index (κ2) is 8.93. The first-order valence-electron chi connectivity index (χ1n) is 5.49. The predicted molar refractivity (Wildman–Crippen MR) is 72.1 cm³/mol. The highest BCUT2D eigenvalue weighted by atomic mass is 79.9. The summed E-state index contributed by atoms with van der Waals surface area (Å²) in [6.45, 7) is 11.5. The first-order valence-corrected chi connectivity index (χ1v) is 6.28. The molecule has 0 amide bonds. The Labute approximate surface area is 103 Å². The highest BCUT2D eigenvalue weighted by Gasteiger charge is 2.17. The smallest absolute Gasteiger partial charge is 0.0851 e. The molecule has 0 atom stereocenters. The molecule has 0 radical (unpaired) electrons. The van der Waals surface area contributed by atoms with E-state index in [-0.39, 0.29) is 0 Å². The van der Waals surface area contributed by atoms with Crippen molar-refractivity contribution in [3.05, 3.63) is 34.3 Å². The third-order valence-electron chi connectivity index (χ3n) is 1.53. The zero-order valence-electron chi connectivity index (χ0n) is 10.6. The van der Waals surface area contributed by atoms with E-state index in [4.69, 9.17) is 0 Å². The van der Waals surface area contributed by atoms with Crippen molar-refractivity contribution in [2.75, 3.05) is 0 Å². The molecular formula is C13H23BrO. The maximum absolute atomic E-state index is 9.64. The van der Waals surface area contributed by atoms with Gasteiger partial charge in [-0.2, -0.15) is 0 Å². The molecule has 0 heterocycles. The van der Waals surface area contributed by atoms with E-state index >= 15 is 0 Å². The zero-order valence-corrected chi connectivity index (χ0v) is 12.2. The number of rotatable bonds is 1. The van der Waals surface area contributed by atoms with E-state index in [1.807, 2.05) is 52.0 Å². The van der Waals surface area contributed by atoms with Crippen LogP contribution in [0.1, 0.15) is 47.1 Å². The van der Waals surface area contributed by atoms with E-state index in [0.717, 1.165) is 10.0 Å². The van der Waals surface area contributed by atoms with Crippen LogP contribution in [0.3, 0.4) is 0 Å². The summed E-state index contributed by atoms with van der Waals surface area (Å²) < 4.78 is 0.951. The van der Waals surface area contributed by atoms with E-state index in [1.54, 1.807) is 13.8 Å². The Kier molecular flexibility index (Phi) is 10.2. The van der Waals surface area contributed by atoms with Crippen molar-refractivity contribution >= 4 is 15.9 Å². The summed E-state index contributed by atoms with van der Waals surface area (Å²) in [7, 11) is 0. The molecule has 0 aliphatic rings. The van der Waals surface area contributed by atoms with Gasteiger partial charge in [-0.25, -0.2) is 0 Å². The zero-order chi connectivity index (χ0) is 12.5. The molecular weight excluding hydrogens is 252 g/mol. The number of aliphatic hydroxyl groups is 1. The van der Waals surface area contributed by atoms with Crippen LogP contribution < -0.4 is 0 Å². The monoisotopic (exact) mass is 274 g/mol. The van der Waals surface area contributed by atoms with Gasteiger partial charge in [0.05, 0.1) is 5.60 Å². The van der Waals surface area contributed by atoms with E-state index in [9.17, 15) is 5.11 Å². The van der Waals surface area contributed by atoms with E-state index in [0.29, 0.717) is 0 Å². The van der Waals surface area contributed by atoms with Crippen LogP contribution in [0, 0.1) is 0 Å². The molecule has 0 aliphatic heterocycles. The fourth-order valence-electron chi connectivity index (χ4n) is 0.957. The molecule has 0 aromatic heterocycles. The molecule has 0 saturated heterocycles. The fraction of sp³-hybridized carbons (Fsp3) is 0.538. The number of hydrogen-bond acceptors (Lipinski definition) is 1. The van der Waals surface area contributed by atoms with Crippen molar-refractivity contribution in [2.24, 2.45) is 0 Å². The summed E-state index contributed by atoms with van der Waals surface area (Å²) in [5.41, 5.74) is 0.153. The first-order chi connectivity index (χ1) is 7.02. The number of hydrogen-bond donors (Lipinski definition) is 1. The standard InChI is InChI=1S/C9H11BrO.2C2H6/c1-9(2,11)7-5-3-4-6-8(7)10;2*1-2/h3-6,11H,1-2H3;2*1-2H3. The fourth-order valence-corrected chi connectivity index (χ4v) is 1.73. The Morgan fingerprint density at radius 3 is 1.67 bits per heavy atom. The lowest BCUT2D eigenvalue weighted by Gasteiger charge is -2.18. The van der Waals surface area contributed by atoms with Gasteiger partial charge in [0.2, 0.25) is 0 Å². The molecule has 0 spiro atoms. The Hall–Kier alpha value is -0.340. The molecule has 1 aromatic rings. The average molecular weight is 275 g/mol. The molecule has 1 rings (SSSR count). The summed E-state index contributed by atoms with van der Waals surface area (Å²) in [6.07, 6.45) is 0. The first kappa shape index (κ1) is 17.1. The van der Waals surface area contributed by atoms with Crippen molar-refractivity contribution in [1.29, 1.82) is 0 Å². The quantitative estimate of drug-likeness (QED) is 0.785. The van der Waals surface area contributed by atoms with E-state index in [1.165, 1.54) is 0 Å². The van der Waals surface area contributed by atoms with Crippen LogP contribution in [0.5, 0.6) is 0 Å². The minimum atomic E-state index is -0.764. The van der Waals surface area contributed by atoms with Gasteiger partial charge in [-0.05, 0) is 25.5 Å². The third kappa shape index (κ3) is 6.69. The van der Waals surface area contributed by atoms with Gasteiger partial charge in [-0.3, -0.25) is 0 Å². The number of halogens is 1.